The van der Waals surface area contributed by atoms with Crippen LogP contribution in [0.25, 0.3) is 23.1 Å². The fourth-order valence-electron chi connectivity index (χ4n) is 3.80. The standard InChI is InChI=1S/C27H25N3O2.2ClH/c1-30-25-5-3-2-4-23(25)20(11-6-18-7-12-21(28)13-8-18)17-26(30)27(32)24(29)16-19-9-14-22(31)15-10-19;;/h2-15,17,24,28,31H,16,29H2,1H3;2*1H/p+1. The average Bonchev–Trinajstić information content (AvgIpc) is 2.81. The summed E-state index contributed by atoms with van der Waals surface area (Å²) in [4.78, 5) is 13.3. The predicted molar refractivity (Wildman–Crippen MR) is 144 cm³/mol. The van der Waals surface area contributed by atoms with E-state index < -0.39 is 6.04 Å². The summed E-state index contributed by atoms with van der Waals surface area (Å²) in [6, 6.07) is 23.6. The van der Waals surface area contributed by atoms with Crippen LogP contribution in [0.3, 0.4) is 0 Å². The van der Waals surface area contributed by atoms with Crippen molar-refractivity contribution < 1.29 is 14.5 Å². The summed E-state index contributed by atoms with van der Waals surface area (Å²) < 4.78 is 1.90. The number of para-hydroxylation sites is 1. The van der Waals surface area contributed by atoms with E-state index in [1.165, 1.54) is 0 Å². The van der Waals surface area contributed by atoms with Gasteiger partial charge in [-0.1, -0.05) is 48.6 Å². The number of aromatic nitrogens is 1. The summed E-state index contributed by atoms with van der Waals surface area (Å²) in [5, 5.41) is 10.5. The fraction of sp³-hybridized carbons (Fsp3) is 0.111. The van der Waals surface area contributed by atoms with Crippen LogP contribution in [0.2, 0.25) is 0 Å². The summed E-state index contributed by atoms with van der Waals surface area (Å²) in [5.41, 5.74) is 17.2. The minimum atomic E-state index is -0.694. The van der Waals surface area contributed by atoms with Crippen molar-refractivity contribution in [2.45, 2.75) is 12.5 Å². The molecule has 0 amide bonds. The number of carbonyl (C=O) groups is 1. The minimum absolute atomic E-state index is 0. The molecule has 0 bridgehead atoms. The number of pyridine rings is 1. The molecule has 3 aromatic carbocycles. The van der Waals surface area contributed by atoms with Gasteiger partial charge in [-0.2, -0.15) is 4.57 Å². The molecule has 1 unspecified atom stereocenters. The van der Waals surface area contributed by atoms with Gasteiger partial charge in [0.2, 0.25) is 11.3 Å². The number of ketones is 1. The molecule has 0 fully saturated rings. The molecule has 0 aliphatic carbocycles. The molecule has 5 N–H and O–H groups in total. The zero-order chi connectivity index (χ0) is 22.7. The number of nitrogens with two attached hydrogens (primary N) is 2. The second kappa shape index (κ2) is 11.7. The molecular weight excluding hydrogens is 469 g/mol. The topological polar surface area (TPSA) is 93.2 Å². The molecule has 176 valence electrons. The molecule has 1 aromatic heterocycles. The Morgan fingerprint density at radius 1 is 0.971 bits per heavy atom. The van der Waals surface area contributed by atoms with Gasteiger partial charge in [-0.25, -0.2) is 0 Å². The predicted octanol–water partition coefficient (Wildman–Crippen LogP) is 4.72. The fourth-order valence-corrected chi connectivity index (χ4v) is 3.80. The number of benzene rings is 3. The van der Waals surface area contributed by atoms with Gasteiger partial charge in [-0.15, -0.1) is 24.8 Å². The number of nitrogen functional groups attached to an aromatic ring is 1. The third-order valence-corrected chi connectivity index (χ3v) is 5.60. The lowest BCUT2D eigenvalue weighted by molar-refractivity contribution is -0.647. The first kappa shape index (κ1) is 26.9. The first-order chi connectivity index (χ1) is 15.4. The van der Waals surface area contributed by atoms with Crippen molar-refractivity contribution in [2.24, 2.45) is 12.8 Å². The third-order valence-electron chi connectivity index (χ3n) is 5.60. The molecule has 34 heavy (non-hydrogen) atoms. The van der Waals surface area contributed by atoms with Crippen LogP contribution in [0.4, 0.5) is 5.69 Å². The largest absolute Gasteiger partial charge is 0.508 e. The molecule has 7 heteroatoms. The number of halogens is 2. The number of aromatic hydroxyl groups is 1. The van der Waals surface area contributed by atoms with Crippen LogP contribution in [0.5, 0.6) is 5.75 Å². The Bertz CT molecular complexity index is 1300. The summed E-state index contributed by atoms with van der Waals surface area (Å²) >= 11 is 0. The Morgan fingerprint density at radius 3 is 2.29 bits per heavy atom. The highest BCUT2D eigenvalue weighted by atomic mass is 35.5. The Morgan fingerprint density at radius 2 is 1.62 bits per heavy atom. The maximum absolute atomic E-state index is 13.3. The normalized spacial score (nSPS) is 11.6. The number of hydrogen-bond acceptors (Lipinski definition) is 4. The first-order valence-electron chi connectivity index (χ1n) is 10.5. The maximum Gasteiger partial charge on any atom is 0.251 e. The van der Waals surface area contributed by atoms with E-state index >= 15 is 0 Å². The average molecular weight is 497 g/mol. The highest BCUT2D eigenvalue weighted by Gasteiger charge is 2.26. The summed E-state index contributed by atoms with van der Waals surface area (Å²) in [7, 11) is 1.89. The van der Waals surface area contributed by atoms with E-state index in [2.05, 4.69) is 0 Å². The van der Waals surface area contributed by atoms with E-state index in [0.717, 1.165) is 33.3 Å². The van der Waals surface area contributed by atoms with Crippen LogP contribution in [-0.4, -0.2) is 16.9 Å². The zero-order valence-electron chi connectivity index (χ0n) is 18.7. The quantitative estimate of drug-likeness (QED) is 0.204. The van der Waals surface area contributed by atoms with Crippen LogP contribution < -0.4 is 16.0 Å². The van der Waals surface area contributed by atoms with E-state index in [-0.39, 0.29) is 36.3 Å². The molecule has 0 aliphatic heterocycles. The second-order valence-electron chi connectivity index (χ2n) is 7.90. The van der Waals surface area contributed by atoms with Crippen molar-refractivity contribution in [3.05, 3.63) is 101 Å². The molecule has 1 heterocycles. The Hall–Kier alpha value is -3.38. The Balaban J connectivity index is 0.00000204. The summed E-state index contributed by atoms with van der Waals surface area (Å²) in [5.74, 6) is 0.0561. The van der Waals surface area contributed by atoms with Crippen LogP contribution in [-0.2, 0) is 13.5 Å². The van der Waals surface area contributed by atoms with Gasteiger partial charge in [0, 0.05) is 17.8 Å². The van der Waals surface area contributed by atoms with Gasteiger partial charge in [-0.3, -0.25) is 4.79 Å². The van der Waals surface area contributed by atoms with Crippen molar-refractivity contribution >= 4 is 59.3 Å². The molecule has 5 nitrogen and oxygen atoms in total. The lowest BCUT2D eigenvalue weighted by atomic mass is 9.98. The Labute approximate surface area is 211 Å². The summed E-state index contributed by atoms with van der Waals surface area (Å²) in [6.07, 6.45) is 4.41. The van der Waals surface area contributed by atoms with Gasteiger partial charge in [-0.05, 0) is 53.4 Å². The maximum atomic E-state index is 13.3. The van der Waals surface area contributed by atoms with Crippen molar-refractivity contribution in [1.82, 2.24) is 0 Å². The van der Waals surface area contributed by atoms with Gasteiger partial charge in [0.25, 0.3) is 5.69 Å². The smallest absolute Gasteiger partial charge is 0.251 e. The molecule has 0 saturated carbocycles. The van der Waals surface area contributed by atoms with Crippen molar-refractivity contribution in [2.75, 3.05) is 5.73 Å². The molecule has 4 rings (SSSR count). The van der Waals surface area contributed by atoms with Gasteiger partial charge < -0.3 is 16.6 Å². The lowest BCUT2D eigenvalue weighted by Gasteiger charge is -2.12. The number of fused-ring (bicyclic) bond motifs is 1. The number of anilines is 1. The van der Waals surface area contributed by atoms with Crippen LogP contribution in [0, 0.1) is 0 Å². The van der Waals surface area contributed by atoms with Gasteiger partial charge >= 0.3 is 0 Å². The number of phenols is 1. The summed E-state index contributed by atoms with van der Waals surface area (Å²) in [6.45, 7) is 0. The second-order valence-corrected chi connectivity index (χ2v) is 7.90. The SMILES string of the molecule is C[n+]1c(C(=O)C(N)Cc2ccc(O)cc2)cc(C=Cc2ccc(N)cc2)c2ccccc21.Cl.Cl. The first-order valence-corrected chi connectivity index (χ1v) is 10.5. The molecule has 0 radical (unpaired) electrons. The van der Waals surface area contributed by atoms with Crippen molar-refractivity contribution in [3.63, 3.8) is 0 Å². The zero-order valence-corrected chi connectivity index (χ0v) is 20.4. The van der Waals surface area contributed by atoms with E-state index in [0.29, 0.717) is 12.1 Å². The Kier molecular flexibility index (Phi) is 9.21. The van der Waals surface area contributed by atoms with E-state index in [9.17, 15) is 9.90 Å². The lowest BCUT2D eigenvalue weighted by Crippen LogP contribution is -2.43. The number of hydrogen-bond donors (Lipinski definition) is 3. The molecule has 1 atom stereocenters. The van der Waals surface area contributed by atoms with Gasteiger partial charge in [0.1, 0.15) is 12.8 Å². The third kappa shape index (κ3) is 5.94. The number of carbonyl (C=O) groups excluding carboxylic acids is 1. The monoisotopic (exact) mass is 496 g/mol. The number of Topliss-reactive ketones (excluding diaryl/α,β-unsaturated/α-hetero) is 1. The van der Waals surface area contributed by atoms with Crippen molar-refractivity contribution in [3.8, 4) is 5.75 Å². The molecule has 0 saturated heterocycles. The number of rotatable bonds is 6. The van der Waals surface area contributed by atoms with Crippen LogP contribution >= 0.6 is 24.8 Å². The highest BCUT2D eigenvalue weighted by Crippen LogP contribution is 2.21. The van der Waals surface area contributed by atoms with Gasteiger partial charge in [0.05, 0.1) is 11.4 Å². The van der Waals surface area contributed by atoms with Crippen molar-refractivity contribution in [1.29, 1.82) is 0 Å². The van der Waals surface area contributed by atoms with Crippen LogP contribution in [0.15, 0.2) is 78.9 Å². The van der Waals surface area contributed by atoms with E-state index in [1.54, 1.807) is 24.3 Å². The molecule has 0 spiro atoms. The number of phenolic OH excluding ortho intramolecular Hbond substituents is 1. The highest BCUT2D eigenvalue weighted by molar-refractivity contribution is 6.00. The molecule has 4 aromatic rings. The van der Waals surface area contributed by atoms with E-state index in [4.69, 9.17) is 11.5 Å². The van der Waals surface area contributed by atoms with E-state index in [1.807, 2.05) is 78.4 Å². The minimum Gasteiger partial charge on any atom is -0.508 e. The number of nitrogens with zero attached hydrogens (tertiary/aromatic N) is 1. The molecular formula is C27H28Cl2N3O2+. The van der Waals surface area contributed by atoms with Crippen LogP contribution in [0.1, 0.15) is 27.2 Å². The van der Waals surface area contributed by atoms with Gasteiger partial charge in [0.15, 0.2) is 0 Å². The number of aryl methyl sites for hydroxylation is 1. The molecule has 0 aliphatic rings.